The zero-order chi connectivity index (χ0) is 12.6. The highest BCUT2D eigenvalue weighted by Gasteiger charge is 2.42. The molecule has 2 rings (SSSR count). The number of hydrogen-bond acceptors (Lipinski definition) is 4. The Balaban J connectivity index is 2.09. The SMILES string of the molecule is CC(C)(C)OC(=O)N1[C@H]2COC[C@H]1CC(=O)C2. The molecule has 17 heavy (non-hydrogen) atoms. The summed E-state index contributed by atoms with van der Waals surface area (Å²) in [6, 6.07) is -0.297. The lowest BCUT2D eigenvalue weighted by Crippen LogP contribution is -2.60. The summed E-state index contributed by atoms with van der Waals surface area (Å²) in [5.74, 6) is 0.211. The van der Waals surface area contributed by atoms with Crippen molar-refractivity contribution < 1.29 is 19.1 Å². The topological polar surface area (TPSA) is 55.8 Å². The van der Waals surface area contributed by atoms with Crippen molar-refractivity contribution in [2.45, 2.75) is 51.3 Å². The van der Waals surface area contributed by atoms with E-state index in [2.05, 4.69) is 0 Å². The maximum atomic E-state index is 12.1. The summed E-state index contributed by atoms with van der Waals surface area (Å²) in [5, 5.41) is 0. The van der Waals surface area contributed by atoms with E-state index in [9.17, 15) is 9.59 Å². The number of piperidine rings is 1. The first-order chi connectivity index (χ1) is 7.87. The summed E-state index contributed by atoms with van der Waals surface area (Å²) in [6.07, 6.45) is 0.439. The van der Waals surface area contributed by atoms with Gasteiger partial charge in [0.15, 0.2) is 0 Å². The highest BCUT2D eigenvalue weighted by molar-refractivity contribution is 5.83. The summed E-state index contributed by atoms with van der Waals surface area (Å²) in [5.41, 5.74) is -0.506. The molecule has 0 radical (unpaired) electrons. The Morgan fingerprint density at radius 1 is 1.29 bits per heavy atom. The van der Waals surface area contributed by atoms with E-state index in [1.54, 1.807) is 4.90 Å². The molecule has 0 aromatic carbocycles. The maximum Gasteiger partial charge on any atom is 0.410 e. The maximum absolute atomic E-state index is 12.1. The van der Waals surface area contributed by atoms with E-state index in [0.717, 1.165) is 0 Å². The van der Waals surface area contributed by atoms with Crippen LogP contribution in [0, 0.1) is 0 Å². The number of Topliss-reactive ketones (excluding diaryl/α,β-unsaturated/α-hetero) is 1. The van der Waals surface area contributed by atoms with Gasteiger partial charge in [0, 0.05) is 12.8 Å². The van der Waals surface area contributed by atoms with Crippen molar-refractivity contribution in [3.63, 3.8) is 0 Å². The van der Waals surface area contributed by atoms with Crippen molar-refractivity contribution in [1.29, 1.82) is 0 Å². The molecule has 2 aliphatic rings. The van der Waals surface area contributed by atoms with Crippen LogP contribution >= 0.6 is 0 Å². The lowest BCUT2D eigenvalue weighted by Gasteiger charge is -2.44. The monoisotopic (exact) mass is 241 g/mol. The van der Waals surface area contributed by atoms with Crippen LogP contribution in [-0.4, -0.2) is 47.7 Å². The molecule has 5 heteroatoms. The van der Waals surface area contributed by atoms with Gasteiger partial charge in [-0.1, -0.05) is 0 Å². The number of hydrogen-bond donors (Lipinski definition) is 0. The number of carbonyl (C=O) groups is 2. The second-order valence-corrected chi connectivity index (χ2v) is 5.68. The van der Waals surface area contributed by atoms with Gasteiger partial charge < -0.3 is 9.47 Å². The highest BCUT2D eigenvalue weighted by atomic mass is 16.6. The molecule has 5 nitrogen and oxygen atoms in total. The fourth-order valence-corrected chi connectivity index (χ4v) is 2.34. The Bertz CT molecular complexity index is 318. The van der Waals surface area contributed by atoms with E-state index < -0.39 is 5.60 Å². The smallest absolute Gasteiger partial charge is 0.410 e. The van der Waals surface area contributed by atoms with Gasteiger partial charge in [-0.2, -0.15) is 0 Å². The fourth-order valence-electron chi connectivity index (χ4n) is 2.34. The number of morpholine rings is 1. The van der Waals surface area contributed by atoms with Crippen molar-refractivity contribution in [3.05, 3.63) is 0 Å². The third-order valence-electron chi connectivity index (χ3n) is 2.94. The predicted molar refractivity (Wildman–Crippen MR) is 60.7 cm³/mol. The van der Waals surface area contributed by atoms with Crippen LogP contribution in [0.1, 0.15) is 33.6 Å². The molecule has 0 aromatic heterocycles. The van der Waals surface area contributed by atoms with Gasteiger partial charge in [0.2, 0.25) is 0 Å². The van der Waals surface area contributed by atoms with Crippen LogP contribution in [0.15, 0.2) is 0 Å². The summed E-state index contributed by atoms with van der Waals surface area (Å²) < 4.78 is 10.8. The predicted octanol–water partition coefficient (Wildman–Crippen LogP) is 1.35. The molecule has 2 heterocycles. The molecule has 2 fully saturated rings. The number of carbonyl (C=O) groups excluding carboxylic acids is 2. The molecule has 2 saturated heterocycles. The fraction of sp³-hybridized carbons (Fsp3) is 0.833. The van der Waals surface area contributed by atoms with Gasteiger partial charge in [-0.15, -0.1) is 0 Å². The Labute approximate surface area is 101 Å². The van der Waals surface area contributed by atoms with E-state index in [1.165, 1.54) is 0 Å². The minimum absolute atomic E-state index is 0.148. The van der Waals surface area contributed by atoms with Gasteiger partial charge in [0.1, 0.15) is 11.4 Å². The summed E-state index contributed by atoms with van der Waals surface area (Å²) in [4.78, 5) is 25.3. The molecule has 0 aliphatic carbocycles. The van der Waals surface area contributed by atoms with Crippen LogP contribution in [0.4, 0.5) is 4.79 Å². The van der Waals surface area contributed by atoms with E-state index in [1.807, 2.05) is 20.8 Å². The van der Waals surface area contributed by atoms with Gasteiger partial charge in [-0.25, -0.2) is 4.79 Å². The average molecular weight is 241 g/mol. The van der Waals surface area contributed by atoms with E-state index in [0.29, 0.717) is 26.1 Å². The van der Waals surface area contributed by atoms with E-state index >= 15 is 0 Å². The molecular formula is C12H19NO4. The average Bonchev–Trinajstić information content (AvgIpc) is 2.12. The molecule has 2 bridgehead atoms. The Morgan fingerprint density at radius 3 is 2.29 bits per heavy atom. The van der Waals surface area contributed by atoms with Crippen LogP contribution in [0.5, 0.6) is 0 Å². The first-order valence-corrected chi connectivity index (χ1v) is 5.97. The molecule has 0 unspecified atom stereocenters. The summed E-state index contributed by atoms with van der Waals surface area (Å²) >= 11 is 0. The van der Waals surface area contributed by atoms with Crippen molar-refractivity contribution in [2.75, 3.05) is 13.2 Å². The molecule has 0 N–H and O–H groups in total. The first kappa shape index (κ1) is 12.4. The lowest BCUT2D eigenvalue weighted by molar-refractivity contribution is -0.134. The Morgan fingerprint density at radius 2 is 1.82 bits per heavy atom. The zero-order valence-electron chi connectivity index (χ0n) is 10.6. The molecule has 96 valence electrons. The van der Waals surface area contributed by atoms with Crippen LogP contribution in [0.25, 0.3) is 0 Å². The Kier molecular flexibility index (Phi) is 3.12. The van der Waals surface area contributed by atoms with Crippen molar-refractivity contribution in [2.24, 2.45) is 0 Å². The molecule has 0 spiro atoms. The van der Waals surface area contributed by atoms with Crippen LogP contribution in [-0.2, 0) is 14.3 Å². The van der Waals surface area contributed by atoms with Crippen molar-refractivity contribution in [3.8, 4) is 0 Å². The van der Waals surface area contributed by atoms with Gasteiger partial charge in [-0.3, -0.25) is 9.69 Å². The quantitative estimate of drug-likeness (QED) is 0.642. The van der Waals surface area contributed by atoms with Gasteiger partial charge >= 0.3 is 6.09 Å². The standard InChI is InChI=1S/C12H19NO4/c1-12(2,3)17-11(15)13-8-4-10(14)5-9(13)7-16-6-8/h8-9H,4-7H2,1-3H3/t8-,9-/m1/s1. The molecule has 0 saturated carbocycles. The number of amides is 1. The minimum Gasteiger partial charge on any atom is -0.444 e. The normalized spacial score (nSPS) is 29.1. The molecule has 0 aromatic rings. The second-order valence-electron chi connectivity index (χ2n) is 5.68. The van der Waals surface area contributed by atoms with Crippen LogP contribution in [0.2, 0.25) is 0 Å². The number of nitrogens with zero attached hydrogens (tertiary/aromatic N) is 1. The molecule has 1 amide bonds. The summed E-state index contributed by atoms with van der Waals surface area (Å²) in [6.45, 7) is 6.38. The molecular weight excluding hydrogens is 222 g/mol. The number of rotatable bonds is 0. The first-order valence-electron chi connectivity index (χ1n) is 5.97. The summed E-state index contributed by atoms with van der Waals surface area (Å²) in [7, 11) is 0. The lowest BCUT2D eigenvalue weighted by atomic mass is 9.94. The van der Waals surface area contributed by atoms with Gasteiger partial charge in [0.05, 0.1) is 25.3 Å². The molecule has 2 aliphatic heterocycles. The number of ketones is 1. The van der Waals surface area contributed by atoms with E-state index in [4.69, 9.17) is 9.47 Å². The van der Waals surface area contributed by atoms with Crippen molar-refractivity contribution in [1.82, 2.24) is 4.90 Å². The highest BCUT2D eigenvalue weighted by Crippen LogP contribution is 2.27. The molecule has 2 atom stereocenters. The second kappa shape index (κ2) is 4.29. The third-order valence-corrected chi connectivity index (χ3v) is 2.94. The zero-order valence-corrected chi connectivity index (χ0v) is 10.6. The number of ether oxygens (including phenoxy) is 2. The van der Waals surface area contributed by atoms with Crippen molar-refractivity contribution >= 4 is 11.9 Å². The van der Waals surface area contributed by atoms with Gasteiger partial charge in [-0.05, 0) is 20.8 Å². The minimum atomic E-state index is -0.506. The van der Waals surface area contributed by atoms with E-state index in [-0.39, 0.29) is 24.0 Å². The largest absolute Gasteiger partial charge is 0.444 e. The van der Waals surface area contributed by atoms with Crippen LogP contribution < -0.4 is 0 Å². The van der Waals surface area contributed by atoms with Crippen LogP contribution in [0.3, 0.4) is 0 Å². The number of fused-ring (bicyclic) bond motifs is 2. The van der Waals surface area contributed by atoms with Gasteiger partial charge in [0.25, 0.3) is 0 Å². The third kappa shape index (κ3) is 2.77. The Hall–Kier alpha value is -1.10.